The second-order valence-electron chi connectivity index (χ2n) is 8.04. The number of benzene rings is 2. The standard InChI is InChI=1S/C24H30N3O6/c1-18(2)17-31-24(30)26(32-22(29)15-20-11-7-5-8-12-20)23(25)27(4,33-19(3)28)16-21-13-9-6-10-14-21/h5-14,18,25H,15-17H2,1-4H3/q+1. The van der Waals surface area contributed by atoms with Gasteiger partial charge in [0, 0.05) is 12.5 Å². The third-order valence-corrected chi connectivity index (χ3v) is 4.39. The van der Waals surface area contributed by atoms with Crippen molar-refractivity contribution in [3.05, 3.63) is 71.8 Å². The molecule has 9 heteroatoms. The first-order chi connectivity index (χ1) is 15.6. The van der Waals surface area contributed by atoms with Crippen LogP contribution < -0.4 is 0 Å². The molecule has 2 aromatic rings. The van der Waals surface area contributed by atoms with Crippen LogP contribution in [0.4, 0.5) is 4.79 Å². The van der Waals surface area contributed by atoms with E-state index in [0.29, 0.717) is 10.6 Å². The summed E-state index contributed by atoms with van der Waals surface area (Å²) in [6.07, 6.45) is -1.18. The van der Waals surface area contributed by atoms with Gasteiger partial charge < -0.3 is 9.57 Å². The van der Waals surface area contributed by atoms with Gasteiger partial charge >= 0.3 is 24.0 Å². The van der Waals surface area contributed by atoms with E-state index in [1.807, 2.05) is 26.0 Å². The third-order valence-electron chi connectivity index (χ3n) is 4.39. The van der Waals surface area contributed by atoms with Crippen molar-refractivity contribution >= 4 is 24.0 Å². The molecule has 0 aliphatic rings. The zero-order valence-corrected chi connectivity index (χ0v) is 19.3. The minimum Gasteiger partial charge on any atom is -0.447 e. The highest BCUT2D eigenvalue weighted by Gasteiger charge is 2.44. The molecule has 2 rings (SSSR count). The first-order valence-corrected chi connectivity index (χ1v) is 10.5. The lowest BCUT2D eigenvalue weighted by atomic mass is 10.2. The van der Waals surface area contributed by atoms with Crippen molar-refractivity contribution in [1.82, 2.24) is 5.06 Å². The van der Waals surface area contributed by atoms with Gasteiger partial charge in [0.15, 0.2) is 6.54 Å². The van der Waals surface area contributed by atoms with Crippen molar-refractivity contribution in [3.8, 4) is 0 Å². The number of hydroxylamine groups is 5. The Hall–Kier alpha value is -3.72. The summed E-state index contributed by atoms with van der Waals surface area (Å²) in [5.41, 5.74) is 1.41. The largest absolute Gasteiger partial charge is 0.454 e. The highest BCUT2D eigenvalue weighted by atomic mass is 16.8. The fourth-order valence-corrected chi connectivity index (χ4v) is 2.92. The average Bonchev–Trinajstić information content (AvgIpc) is 2.76. The second kappa shape index (κ2) is 11.8. The molecule has 1 atom stereocenters. The van der Waals surface area contributed by atoms with Gasteiger partial charge in [0.25, 0.3) is 0 Å². The Bertz CT molecular complexity index is 965. The van der Waals surface area contributed by atoms with Crippen LogP contribution in [0.25, 0.3) is 0 Å². The topological polar surface area (TPSA) is 106 Å². The molecule has 0 saturated carbocycles. The van der Waals surface area contributed by atoms with E-state index in [1.165, 1.54) is 14.0 Å². The smallest absolute Gasteiger partial charge is 0.447 e. The van der Waals surface area contributed by atoms with Crippen LogP contribution in [0.1, 0.15) is 31.9 Å². The van der Waals surface area contributed by atoms with Crippen molar-refractivity contribution in [2.75, 3.05) is 13.7 Å². The lowest BCUT2D eigenvalue weighted by Gasteiger charge is -2.32. The first-order valence-electron chi connectivity index (χ1n) is 10.5. The van der Waals surface area contributed by atoms with Gasteiger partial charge in [-0.15, -0.1) is 0 Å². The van der Waals surface area contributed by atoms with Crippen molar-refractivity contribution < 1.29 is 33.4 Å². The van der Waals surface area contributed by atoms with Crippen molar-refractivity contribution in [2.24, 2.45) is 5.92 Å². The number of guanidine groups is 1. The number of hydrogen-bond acceptors (Lipinski definition) is 7. The molecule has 1 N–H and O–H groups in total. The predicted molar refractivity (Wildman–Crippen MR) is 120 cm³/mol. The first kappa shape index (κ1) is 25.5. The van der Waals surface area contributed by atoms with Gasteiger partial charge in [-0.3, -0.25) is 4.84 Å². The SMILES string of the molecule is CC(=O)O[N+](C)(Cc1ccccc1)C(=N)N(OC(=O)Cc1ccccc1)C(=O)OCC(C)C. The Kier molecular flexibility index (Phi) is 9.11. The fourth-order valence-electron chi connectivity index (χ4n) is 2.92. The van der Waals surface area contributed by atoms with Crippen molar-refractivity contribution in [2.45, 2.75) is 33.7 Å². The van der Waals surface area contributed by atoms with Gasteiger partial charge in [-0.25, -0.2) is 19.8 Å². The van der Waals surface area contributed by atoms with Crippen LogP contribution in [-0.4, -0.2) is 47.4 Å². The van der Waals surface area contributed by atoms with Crippen LogP contribution in [-0.2, 0) is 37.0 Å². The Morgan fingerprint density at radius 1 is 0.970 bits per heavy atom. The number of quaternary nitrogens is 1. The van der Waals surface area contributed by atoms with Crippen LogP contribution in [0.15, 0.2) is 60.7 Å². The lowest BCUT2D eigenvalue weighted by molar-refractivity contribution is -1.02. The molecule has 0 bridgehead atoms. The van der Waals surface area contributed by atoms with Crippen LogP contribution in [0, 0.1) is 11.3 Å². The summed E-state index contributed by atoms with van der Waals surface area (Å²) >= 11 is 0. The number of nitrogens with one attached hydrogen (secondary N) is 1. The van der Waals surface area contributed by atoms with Crippen molar-refractivity contribution in [1.29, 1.82) is 5.41 Å². The molecule has 176 valence electrons. The summed E-state index contributed by atoms with van der Waals surface area (Å²) in [5, 5.41) is 9.12. The third kappa shape index (κ3) is 8.04. The van der Waals surface area contributed by atoms with E-state index >= 15 is 0 Å². The summed E-state index contributed by atoms with van der Waals surface area (Å²) in [5.74, 6) is -2.03. The number of carbonyl (C=O) groups excluding carboxylic acids is 3. The molecule has 0 fully saturated rings. The Morgan fingerprint density at radius 3 is 2.03 bits per heavy atom. The van der Waals surface area contributed by atoms with Crippen LogP contribution in [0.5, 0.6) is 0 Å². The second-order valence-corrected chi connectivity index (χ2v) is 8.04. The number of hydrogen-bond donors (Lipinski definition) is 1. The number of carbonyl (C=O) groups is 3. The lowest BCUT2D eigenvalue weighted by Crippen LogP contribution is -2.58. The zero-order valence-electron chi connectivity index (χ0n) is 19.3. The maximum atomic E-state index is 12.8. The van der Waals surface area contributed by atoms with Gasteiger partial charge in [-0.05, 0) is 16.5 Å². The van der Waals surface area contributed by atoms with E-state index in [4.69, 9.17) is 19.8 Å². The Labute approximate surface area is 193 Å². The number of amides is 1. The number of nitrogens with zero attached hydrogens (tertiary/aromatic N) is 2. The average molecular weight is 457 g/mol. The minimum absolute atomic E-state index is 0.0173. The number of rotatable bonds is 6. The quantitative estimate of drug-likeness (QED) is 0.306. The Balaban J connectivity index is 2.31. The predicted octanol–water partition coefficient (Wildman–Crippen LogP) is 3.84. The minimum atomic E-state index is -1.06. The molecular weight excluding hydrogens is 426 g/mol. The Morgan fingerprint density at radius 2 is 1.52 bits per heavy atom. The molecule has 0 spiro atoms. The van der Waals surface area contributed by atoms with Gasteiger partial charge in [-0.2, -0.15) is 0 Å². The molecule has 1 unspecified atom stereocenters. The van der Waals surface area contributed by atoms with E-state index < -0.39 is 28.6 Å². The molecular formula is C24H30N3O6+. The van der Waals surface area contributed by atoms with Crippen molar-refractivity contribution in [3.63, 3.8) is 0 Å². The molecule has 33 heavy (non-hydrogen) atoms. The monoisotopic (exact) mass is 456 g/mol. The normalized spacial score (nSPS) is 12.4. The fraction of sp³-hybridized carbons (Fsp3) is 0.333. The highest BCUT2D eigenvalue weighted by molar-refractivity contribution is 5.89. The summed E-state index contributed by atoms with van der Waals surface area (Å²) in [6, 6.07) is 17.8. The van der Waals surface area contributed by atoms with E-state index in [-0.39, 0.29) is 25.5 Å². The van der Waals surface area contributed by atoms with Gasteiger partial charge in [0.05, 0.1) is 13.0 Å². The summed E-state index contributed by atoms with van der Waals surface area (Å²) in [7, 11) is 1.42. The van der Waals surface area contributed by atoms with E-state index in [9.17, 15) is 14.4 Å². The van der Waals surface area contributed by atoms with Crippen LogP contribution >= 0.6 is 0 Å². The molecule has 0 aliphatic carbocycles. The molecule has 0 aromatic heterocycles. The van der Waals surface area contributed by atoms with Gasteiger partial charge in [0.1, 0.15) is 7.05 Å². The molecule has 9 nitrogen and oxygen atoms in total. The summed E-state index contributed by atoms with van der Waals surface area (Å²) < 4.78 is 4.42. The highest BCUT2D eigenvalue weighted by Crippen LogP contribution is 2.18. The van der Waals surface area contributed by atoms with Gasteiger partial charge in [0.2, 0.25) is 0 Å². The maximum absolute atomic E-state index is 12.8. The molecule has 0 aliphatic heterocycles. The maximum Gasteiger partial charge on any atom is 0.454 e. The number of ether oxygens (including phenoxy) is 1. The van der Waals surface area contributed by atoms with Gasteiger partial charge in [-0.1, -0.05) is 79.2 Å². The summed E-state index contributed by atoms with van der Waals surface area (Å²) in [4.78, 5) is 47.9. The molecule has 1 amide bonds. The van der Waals surface area contributed by atoms with Crippen LogP contribution in [0.2, 0.25) is 0 Å². The van der Waals surface area contributed by atoms with Crippen LogP contribution in [0.3, 0.4) is 0 Å². The zero-order chi connectivity index (χ0) is 24.4. The molecule has 2 aromatic carbocycles. The van der Waals surface area contributed by atoms with E-state index in [2.05, 4.69) is 0 Å². The molecule has 0 saturated heterocycles. The molecule has 0 radical (unpaired) electrons. The summed E-state index contributed by atoms with van der Waals surface area (Å²) in [6.45, 7) is 4.95. The van der Waals surface area contributed by atoms with E-state index in [1.54, 1.807) is 48.5 Å². The molecule has 0 heterocycles. The van der Waals surface area contributed by atoms with E-state index in [0.717, 1.165) is 5.56 Å².